The lowest BCUT2D eigenvalue weighted by atomic mass is 9.84. The maximum Gasteiger partial charge on any atom is 0.416 e. The molecule has 3 heterocycles. The second kappa shape index (κ2) is 13.7. The molecule has 7 nitrogen and oxygen atoms in total. The lowest BCUT2D eigenvalue weighted by Gasteiger charge is -2.38. The van der Waals surface area contributed by atoms with Crippen molar-refractivity contribution in [2.24, 2.45) is 11.3 Å². The number of pyridine rings is 1. The minimum absolute atomic E-state index is 0.111. The van der Waals surface area contributed by atoms with Crippen LogP contribution in [0.2, 0.25) is 0 Å². The highest BCUT2D eigenvalue weighted by Gasteiger charge is 2.31. The van der Waals surface area contributed by atoms with Gasteiger partial charge in [-0.05, 0) is 112 Å². The highest BCUT2D eigenvalue weighted by Crippen LogP contribution is 2.34. The number of piperidine rings is 2. The van der Waals surface area contributed by atoms with E-state index in [1.807, 2.05) is 39.0 Å². The molecule has 2 fully saturated rings. The number of nitrogens with zero attached hydrogens (tertiary/aromatic N) is 3. The summed E-state index contributed by atoms with van der Waals surface area (Å²) in [6.07, 6.45) is 0.840. The van der Waals surface area contributed by atoms with Crippen LogP contribution in [0.15, 0.2) is 60.8 Å². The van der Waals surface area contributed by atoms with Gasteiger partial charge in [0.2, 0.25) is 0 Å². The molecule has 1 aromatic heterocycles. The normalized spacial score (nSPS) is 17.7. The van der Waals surface area contributed by atoms with Gasteiger partial charge in [-0.3, -0.25) is 14.5 Å². The molecule has 2 aliphatic heterocycles. The predicted molar refractivity (Wildman–Crippen MR) is 178 cm³/mol. The Bertz CT molecular complexity index is 1560. The average molecular weight is 651 g/mol. The molecule has 5 rings (SSSR count). The smallest absolute Gasteiger partial charge is 0.416 e. The van der Waals surface area contributed by atoms with Crippen molar-refractivity contribution in [2.75, 3.05) is 36.4 Å². The van der Waals surface area contributed by atoms with E-state index in [-0.39, 0.29) is 23.2 Å². The van der Waals surface area contributed by atoms with Gasteiger partial charge in [0.25, 0.3) is 5.91 Å². The number of aromatic nitrogens is 1. The number of alkyl halides is 3. The number of halogens is 3. The second-order valence-corrected chi connectivity index (χ2v) is 14.6. The zero-order valence-corrected chi connectivity index (χ0v) is 27.9. The Balaban J connectivity index is 1.28. The predicted octanol–water partition coefficient (Wildman–Crippen LogP) is 8.20. The van der Waals surface area contributed by atoms with Gasteiger partial charge < -0.3 is 15.0 Å². The largest absolute Gasteiger partial charge is 0.460 e. The van der Waals surface area contributed by atoms with Gasteiger partial charge in [-0.15, -0.1) is 0 Å². The van der Waals surface area contributed by atoms with E-state index in [0.29, 0.717) is 36.3 Å². The number of benzene rings is 2. The number of likely N-dealkylation sites (tertiary alicyclic amines) is 1. The van der Waals surface area contributed by atoms with Crippen molar-refractivity contribution >= 4 is 23.4 Å². The molecule has 3 aromatic rings. The Morgan fingerprint density at radius 3 is 2.23 bits per heavy atom. The Hall–Kier alpha value is -3.92. The zero-order valence-electron chi connectivity index (χ0n) is 27.9. The van der Waals surface area contributed by atoms with Gasteiger partial charge in [0.1, 0.15) is 11.4 Å². The molecule has 47 heavy (non-hydrogen) atoms. The molecule has 252 valence electrons. The van der Waals surface area contributed by atoms with Crippen LogP contribution in [0.3, 0.4) is 0 Å². The maximum absolute atomic E-state index is 13.3. The van der Waals surface area contributed by atoms with Gasteiger partial charge in [-0.2, -0.15) is 13.2 Å². The van der Waals surface area contributed by atoms with E-state index in [4.69, 9.17) is 4.74 Å². The number of hydrogen-bond acceptors (Lipinski definition) is 6. The summed E-state index contributed by atoms with van der Waals surface area (Å²) in [5.74, 6) is -0.182. The topological polar surface area (TPSA) is 74.8 Å². The molecule has 2 saturated heterocycles. The monoisotopic (exact) mass is 650 g/mol. The third-order valence-electron chi connectivity index (χ3n) is 8.86. The molecule has 10 heteroatoms. The molecule has 1 amide bonds. The number of esters is 1. The minimum atomic E-state index is -4.41. The number of ether oxygens (including phenoxy) is 1. The molecular weight excluding hydrogens is 605 g/mol. The van der Waals surface area contributed by atoms with Crippen LogP contribution in [-0.4, -0.2) is 53.5 Å². The van der Waals surface area contributed by atoms with Crippen molar-refractivity contribution < 1.29 is 27.5 Å². The van der Waals surface area contributed by atoms with Gasteiger partial charge in [0.15, 0.2) is 0 Å². The molecule has 0 radical (unpaired) electrons. The fourth-order valence-electron chi connectivity index (χ4n) is 6.49. The molecule has 2 aliphatic rings. The molecule has 0 bridgehead atoms. The quantitative estimate of drug-likeness (QED) is 0.260. The van der Waals surface area contributed by atoms with Crippen LogP contribution in [0.4, 0.5) is 24.7 Å². The fraction of sp³-hybridized carbons (Fsp3) is 0.486. The first-order valence-corrected chi connectivity index (χ1v) is 16.3. The third-order valence-corrected chi connectivity index (χ3v) is 8.86. The first kappa shape index (κ1) is 34.4. The van der Waals surface area contributed by atoms with Crippen molar-refractivity contribution in [1.29, 1.82) is 0 Å². The standard InChI is InChI=1S/C37H45F3N4O3/c1-35(2,3)47-34(46)27-15-19-44(20-16-27)30-13-9-26(10-14-30)33(45)42-32-21-28(23-43-18-6-17-36(4,5)24-43)31(22-41-32)25-7-11-29(12-8-25)37(38,39)40/h7-14,21-22,27H,6,15-20,23-24H2,1-5H3,(H,41,42,45). The summed E-state index contributed by atoms with van der Waals surface area (Å²) in [5.41, 5.74) is 2.68. The van der Waals surface area contributed by atoms with Crippen LogP contribution in [-0.2, 0) is 22.3 Å². The summed E-state index contributed by atoms with van der Waals surface area (Å²) in [4.78, 5) is 34.8. The number of carbonyl (C=O) groups is 2. The summed E-state index contributed by atoms with van der Waals surface area (Å²) >= 11 is 0. The van der Waals surface area contributed by atoms with Crippen molar-refractivity contribution in [2.45, 2.75) is 78.6 Å². The SMILES string of the molecule is CC1(C)CCCN(Cc2cc(NC(=O)c3ccc(N4CCC(C(=O)OC(C)(C)C)CC4)cc3)ncc2-c2ccc(C(F)(F)F)cc2)C1. The van der Waals surface area contributed by atoms with Crippen molar-refractivity contribution in [3.8, 4) is 11.1 Å². The lowest BCUT2D eigenvalue weighted by Crippen LogP contribution is -2.39. The molecular formula is C37H45F3N4O3. The Morgan fingerprint density at radius 2 is 1.64 bits per heavy atom. The van der Waals surface area contributed by atoms with Crippen molar-refractivity contribution in [1.82, 2.24) is 9.88 Å². The van der Waals surface area contributed by atoms with Crippen LogP contribution in [0, 0.1) is 11.3 Å². The van der Waals surface area contributed by atoms with E-state index in [1.54, 1.807) is 18.3 Å². The number of rotatable bonds is 7. The van der Waals surface area contributed by atoms with E-state index in [2.05, 4.69) is 33.9 Å². The molecule has 1 N–H and O–H groups in total. The van der Waals surface area contributed by atoms with E-state index < -0.39 is 17.3 Å². The van der Waals surface area contributed by atoms with Gasteiger partial charge in [0.05, 0.1) is 11.5 Å². The molecule has 0 spiro atoms. The Kier molecular flexibility index (Phi) is 10.0. The summed E-state index contributed by atoms with van der Waals surface area (Å²) < 4.78 is 45.2. The van der Waals surface area contributed by atoms with Crippen molar-refractivity contribution in [3.05, 3.63) is 77.5 Å². The summed E-state index contributed by atoms with van der Waals surface area (Å²) in [6, 6.07) is 14.3. The van der Waals surface area contributed by atoms with E-state index >= 15 is 0 Å². The number of amides is 1. The summed E-state index contributed by atoms with van der Waals surface area (Å²) in [7, 11) is 0. The second-order valence-electron chi connectivity index (χ2n) is 14.6. The van der Waals surface area contributed by atoms with Crippen LogP contribution in [0.1, 0.15) is 81.8 Å². The van der Waals surface area contributed by atoms with Gasteiger partial charge in [-0.1, -0.05) is 26.0 Å². The van der Waals surface area contributed by atoms with E-state index in [1.165, 1.54) is 12.1 Å². The molecule has 0 aliphatic carbocycles. The summed E-state index contributed by atoms with van der Waals surface area (Å²) in [6.45, 7) is 14.0. The van der Waals surface area contributed by atoms with Gasteiger partial charge in [-0.25, -0.2) is 4.98 Å². The number of nitrogens with one attached hydrogen (secondary N) is 1. The maximum atomic E-state index is 13.3. The Labute approximate surface area is 275 Å². The summed E-state index contributed by atoms with van der Waals surface area (Å²) in [5, 5.41) is 2.91. The number of hydrogen-bond donors (Lipinski definition) is 1. The first-order valence-electron chi connectivity index (χ1n) is 16.3. The van der Waals surface area contributed by atoms with Crippen LogP contribution >= 0.6 is 0 Å². The van der Waals surface area contributed by atoms with Crippen molar-refractivity contribution in [3.63, 3.8) is 0 Å². The van der Waals surface area contributed by atoms with E-state index in [0.717, 1.165) is 68.0 Å². The highest BCUT2D eigenvalue weighted by molar-refractivity contribution is 6.04. The molecule has 2 aromatic carbocycles. The minimum Gasteiger partial charge on any atom is -0.460 e. The van der Waals surface area contributed by atoms with Crippen LogP contribution in [0.5, 0.6) is 0 Å². The van der Waals surface area contributed by atoms with Gasteiger partial charge >= 0.3 is 12.1 Å². The fourth-order valence-corrected chi connectivity index (χ4v) is 6.49. The molecule has 0 unspecified atom stereocenters. The van der Waals surface area contributed by atoms with Crippen LogP contribution < -0.4 is 10.2 Å². The first-order chi connectivity index (χ1) is 22.1. The number of anilines is 2. The van der Waals surface area contributed by atoms with E-state index in [9.17, 15) is 22.8 Å². The third kappa shape index (κ3) is 9.12. The lowest BCUT2D eigenvalue weighted by molar-refractivity contribution is -0.160. The van der Waals surface area contributed by atoms with Gasteiger partial charge in [0, 0.05) is 49.2 Å². The van der Waals surface area contributed by atoms with Crippen LogP contribution in [0.25, 0.3) is 11.1 Å². The zero-order chi connectivity index (χ0) is 34.0. The number of carbonyl (C=O) groups excluding carboxylic acids is 2. The Morgan fingerprint density at radius 1 is 0.979 bits per heavy atom. The molecule has 0 saturated carbocycles. The highest BCUT2D eigenvalue weighted by atomic mass is 19.4. The average Bonchev–Trinajstić information content (AvgIpc) is 3.00. The molecule has 0 atom stereocenters.